The van der Waals surface area contributed by atoms with Gasteiger partial charge in [-0.1, -0.05) is 0 Å². The van der Waals surface area contributed by atoms with E-state index in [4.69, 9.17) is 5.73 Å². The first-order chi connectivity index (χ1) is 8.09. The highest BCUT2D eigenvalue weighted by atomic mass is 32.1. The van der Waals surface area contributed by atoms with E-state index < -0.39 is 0 Å². The van der Waals surface area contributed by atoms with E-state index >= 15 is 0 Å². The third kappa shape index (κ3) is 1.76. The molecule has 1 saturated carbocycles. The second-order valence-corrected chi connectivity index (χ2v) is 5.78. The van der Waals surface area contributed by atoms with Crippen molar-refractivity contribution in [2.45, 2.75) is 25.3 Å². The molecule has 3 rings (SSSR count). The Balaban J connectivity index is 1.99. The summed E-state index contributed by atoms with van der Waals surface area (Å²) in [5.41, 5.74) is 6.55. The van der Waals surface area contributed by atoms with E-state index in [1.807, 2.05) is 6.07 Å². The van der Waals surface area contributed by atoms with Crippen molar-refractivity contribution >= 4 is 33.0 Å². The molecule has 1 amide bonds. The number of hydrogen-bond donors (Lipinski definition) is 2. The number of nitrogens with zero attached hydrogens (tertiary/aromatic N) is 1. The number of hydrogen-bond acceptors (Lipinski definition) is 4. The second kappa shape index (κ2) is 3.43. The topological polar surface area (TPSA) is 68.0 Å². The molecule has 2 heterocycles. The summed E-state index contributed by atoms with van der Waals surface area (Å²) in [5, 5.41) is 3.93. The highest BCUT2D eigenvalue weighted by molar-refractivity contribution is 7.21. The van der Waals surface area contributed by atoms with Crippen LogP contribution in [0.3, 0.4) is 0 Å². The van der Waals surface area contributed by atoms with Crippen molar-refractivity contribution in [3.63, 3.8) is 0 Å². The summed E-state index contributed by atoms with van der Waals surface area (Å²) in [4.78, 5) is 16.7. The van der Waals surface area contributed by atoms with Gasteiger partial charge in [-0.05, 0) is 25.8 Å². The zero-order valence-electron chi connectivity index (χ0n) is 9.49. The smallest absolute Gasteiger partial charge is 0.263 e. The second-order valence-electron chi connectivity index (χ2n) is 4.73. The van der Waals surface area contributed by atoms with Crippen molar-refractivity contribution in [2.24, 2.45) is 0 Å². The normalized spacial score (nSPS) is 17.0. The van der Waals surface area contributed by atoms with Gasteiger partial charge in [0.05, 0.1) is 10.4 Å². The molecule has 17 heavy (non-hydrogen) atoms. The first kappa shape index (κ1) is 10.5. The Morgan fingerprint density at radius 2 is 2.35 bits per heavy atom. The molecule has 2 aromatic rings. The lowest BCUT2D eigenvalue weighted by atomic mass is 10.2. The Morgan fingerprint density at radius 1 is 1.59 bits per heavy atom. The zero-order valence-corrected chi connectivity index (χ0v) is 10.3. The van der Waals surface area contributed by atoms with Crippen LogP contribution in [0.15, 0.2) is 18.5 Å². The van der Waals surface area contributed by atoms with Crippen LogP contribution in [-0.4, -0.2) is 16.4 Å². The molecule has 2 aromatic heterocycles. The maximum absolute atomic E-state index is 12.1. The van der Waals surface area contributed by atoms with Crippen LogP contribution in [0.5, 0.6) is 0 Å². The number of anilines is 1. The molecule has 0 atom stereocenters. The quantitative estimate of drug-likeness (QED) is 0.854. The maximum atomic E-state index is 12.1. The minimum absolute atomic E-state index is 0.0159. The largest absolute Gasteiger partial charge is 0.397 e. The number of thiophene rings is 1. The van der Waals surface area contributed by atoms with Crippen molar-refractivity contribution in [2.75, 3.05) is 5.73 Å². The molecule has 0 aromatic carbocycles. The fourth-order valence-electron chi connectivity index (χ4n) is 1.78. The Bertz CT molecular complexity index is 601. The number of fused-ring (bicyclic) bond motifs is 1. The van der Waals surface area contributed by atoms with Crippen LogP contribution in [0.2, 0.25) is 0 Å². The van der Waals surface area contributed by atoms with Crippen LogP contribution in [0, 0.1) is 0 Å². The molecule has 0 unspecified atom stereocenters. The van der Waals surface area contributed by atoms with Gasteiger partial charge in [-0.3, -0.25) is 9.78 Å². The summed E-state index contributed by atoms with van der Waals surface area (Å²) in [5.74, 6) is -0.0660. The number of aromatic nitrogens is 1. The third-order valence-corrected chi connectivity index (χ3v) is 4.31. The molecule has 1 fully saturated rings. The van der Waals surface area contributed by atoms with Crippen molar-refractivity contribution < 1.29 is 4.79 Å². The molecular weight excluding hydrogens is 234 g/mol. The van der Waals surface area contributed by atoms with Crippen molar-refractivity contribution in [1.29, 1.82) is 0 Å². The van der Waals surface area contributed by atoms with Gasteiger partial charge >= 0.3 is 0 Å². The fourth-order valence-corrected chi connectivity index (χ4v) is 2.77. The lowest BCUT2D eigenvalue weighted by Gasteiger charge is -2.10. The molecule has 1 aliphatic carbocycles. The van der Waals surface area contributed by atoms with Gasteiger partial charge in [-0.15, -0.1) is 11.3 Å². The average molecular weight is 247 g/mol. The average Bonchev–Trinajstić information content (AvgIpc) is 2.92. The first-order valence-corrected chi connectivity index (χ1v) is 6.35. The number of rotatable bonds is 2. The lowest BCUT2D eigenvalue weighted by molar-refractivity contribution is 0.0940. The number of carbonyl (C=O) groups excluding carboxylic acids is 1. The summed E-state index contributed by atoms with van der Waals surface area (Å²) >= 11 is 1.40. The molecule has 3 N–H and O–H groups in total. The molecule has 0 spiro atoms. The highest BCUT2D eigenvalue weighted by Crippen LogP contribution is 2.37. The molecule has 1 aliphatic rings. The highest BCUT2D eigenvalue weighted by Gasteiger charge is 2.39. The number of nitrogens with one attached hydrogen (secondary N) is 1. The standard InChI is InChI=1S/C12H13N3OS/c1-12(3-4-12)15-11(16)10-9(13)7-2-5-14-6-8(7)17-10/h2,5-6H,3-4,13H2,1H3,(H,15,16). The van der Waals surface area contributed by atoms with Gasteiger partial charge < -0.3 is 11.1 Å². The predicted octanol–water partition coefficient (Wildman–Crippen LogP) is 2.16. The van der Waals surface area contributed by atoms with Crippen LogP contribution >= 0.6 is 11.3 Å². The maximum Gasteiger partial charge on any atom is 0.263 e. The van der Waals surface area contributed by atoms with Crippen LogP contribution in [0.1, 0.15) is 29.4 Å². The minimum atomic E-state index is -0.0660. The first-order valence-electron chi connectivity index (χ1n) is 5.54. The van der Waals surface area contributed by atoms with Gasteiger partial charge in [0, 0.05) is 23.3 Å². The van der Waals surface area contributed by atoms with E-state index in [-0.39, 0.29) is 11.4 Å². The number of pyridine rings is 1. The lowest BCUT2D eigenvalue weighted by Crippen LogP contribution is -2.34. The van der Waals surface area contributed by atoms with Crippen LogP contribution in [-0.2, 0) is 0 Å². The Kier molecular flexibility index (Phi) is 2.13. The van der Waals surface area contributed by atoms with Gasteiger partial charge in [0.2, 0.25) is 0 Å². The molecule has 0 aliphatic heterocycles. The van der Waals surface area contributed by atoms with Gasteiger partial charge in [-0.25, -0.2) is 0 Å². The van der Waals surface area contributed by atoms with Crippen LogP contribution in [0.4, 0.5) is 5.69 Å². The number of nitrogens with two attached hydrogens (primary N) is 1. The van der Waals surface area contributed by atoms with E-state index in [9.17, 15) is 4.79 Å². The van der Waals surface area contributed by atoms with Gasteiger partial charge in [-0.2, -0.15) is 0 Å². The predicted molar refractivity (Wildman–Crippen MR) is 69.1 cm³/mol. The summed E-state index contributed by atoms with van der Waals surface area (Å²) in [6.07, 6.45) is 5.53. The van der Waals surface area contributed by atoms with E-state index in [1.54, 1.807) is 12.4 Å². The third-order valence-electron chi connectivity index (χ3n) is 3.15. The molecular formula is C12H13N3OS. The summed E-state index contributed by atoms with van der Waals surface area (Å²) in [7, 11) is 0. The number of amides is 1. The van der Waals surface area contributed by atoms with Crippen molar-refractivity contribution in [3.05, 3.63) is 23.3 Å². The number of nitrogen functional groups attached to an aromatic ring is 1. The summed E-state index contributed by atoms with van der Waals surface area (Å²) in [6.45, 7) is 2.05. The van der Waals surface area contributed by atoms with Gasteiger partial charge in [0.1, 0.15) is 4.88 Å². The fraction of sp³-hybridized carbons (Fsp3) is 0.333. The zero-order chi connectivity index (χ0) is 12.0. The monoisotopic (exact) mass is 247 g/mol. The molecule has 0 radical (unpaired) electrons. The van der Waals surface area contributed by atoms with Crippen molar-refractivity contribution in [3.8, 4) is 0 Å². The Hall–Kier alpha value is -1.62. The Morgan fingerprint density at radius 3 is 3.00 bits per heavy atom. The van der Waals surface area contributed by atoms with Crippen molar-refractivity contribution in [1.82, 2.24) is 10.3 Å². The summed E-state index contributed by atoms with van der Waals surface area (Å²) in [6, 6.07) is 1.84. The SMILES string of the molecule is CC1(NC(=O)c2sc3cnccc3c2N)CC1. The molecule has 88 valence electrons. The van der Waals surface area contributed by atoms with Crippen LogP contribution in [0.25, 0.3) is 10.1 Å². The van der Waals surface area contributed by atoms with E-state index in [0.717, 1.165) is 22.9 Å². The van der Waals surface area contributed by atoms with E-state index in [0.29, 0.717) is 10.6 Å². The number of carbonyl (C=O) groups is 1. The molecule has 4 nitrogen and oxygen atoms in total. The minimum Gasteiger partial charge on any atom is -0.397 e. The van der Waals surface area contributed by atoms with Gasteiger partial charge in [0.15, 0.2) is 0 Å². The summed E-state index contributed by atoms with van der Waals surface area (Å²) < 4.78 is 0.955. The van der Waals surface area contributed by atoms with E-state index in [1.165, 1.54) is 11.3 Å². The molecule has 5 heteroatoms. The molecule has 0 saturated heterocycles. The Labute approximate surface area is 103 Å². The molecule has 0 bridgehead atoms. The van der Waals surface area contributed by atoms with Gasteiger partial charge in [0.25, 0.3) is 5.91 Å². The van der Waals surface area contributed by atoms with E-state index in [2.05, 4.69) is 17.2 Å². The van der Waals surface area contributed by atoms with Crippen LogP contribution < -0.4 is 11.1 Å².